The van der Waals surface area contributed by atoms with Crippen LogP contribution in [0.4, 0.5) is 4.39 Å². The minimum atomic E-state index is -0.431. The molecular weight excluding hydrogens is 205 g/mol. The maximum absolute atomic E-state index is 12.8. The quantitative estimate of drug-likeness (QED) is 0.763. The topological polar surface area (TPSA) is 29.1 Å². The van der Waals surface area contributed by atoms with Gasteiger partial charge in [-0.1, -0.05) is 17.7 Å². The molecule has 1 saturated heterocycles. The molecule has 2 rings (SSSR count). The van der Waals surface area contributed by atoms with E-state index in [9.17, 15) is 9.18 Å². The summed E-state index contributed by atoms with van der Waals surface area (Å²) < 4.78 is 12.8. The van der Waals surface area contributed by atoms with Gasteiger partial charge in [-0.15, -0.1) is 0 Å². The molecule has 0 aromatic heterocycles. The van der Waals surface area contributed by atoms with Gasteiger partial charge in [-0.25, -0.2) is 4.39 Å². The van der Waals surface area contributed by atoms with Crippen molar-refractivity contribution in [1.82, 2.24) is 5.32 Å². The third-order valence-corrected chi connectivity index (χ3v) is 2.63. The van der Waals surface area contributed by atoms with E-state index < -0.39 is 5.82 Å². The monoisotopic (exact) mass is 213 g/mol. The van der Waals surface area contributed by atoms with E-state index in [4.69, 9.17) is 11.6 Å². The van der Waals surface area contributed by atoms with Crippen molar-refractivity contribution in [3.63, 3.8) is 0 Å². The summed E-state index contributed by atoms with van der Waals surface area (Å²) >= 11 is 5.64. The van der Waals surface area contributed by atoms with Crippen LogP contribution in [0.3, 0.4) is 0 Å². The van der Waals surface area contributed by atoms with E-state index in [1.165, 1.54) is 6.07 Å². The van der Waals surface area contributed by atoms with E-state index in [0.717, 1.165) is 12.0 Å². The predicted octanol–water partition coefficient (Wildman–Crippen LogP) is 2.43. The first-order valence-electron chi connectivity index (χ1n) is 4.41. The number of nitrogens with one attached hydrogen (secondary N) is 1. The summed E-state index contributed by atoms with van der Waals surface area (Å²) in [4.78, 5) is 11.0. The molecule has 1 aromatic rings. The van der Waals surface area contributed by atoms with Crippen LogP contribution in [0.25, 0.3) is 0 Å². The van der Waals surface area contributed by atoms with Crippen LogP contribution in [0, 0.1) is 5.82 Å². The zero-order chi connectivity index (χ0) is 10.1. The number of carbonyl (C=O) groups excluding carboxylic acids is 1. The summed E-state index contributed by atoms with van der Waals surface area (Å²) in [5.41, 5.74) is 0.863. The summed E-state index contributed by atoms with van der Waals surface area (Å²) in [6.07, 6.45) is 1.28. The van der Waals surface area contributed by atoms with Crippen molar-refractivity contribution >= 4 is 17.5 Å². The van der Waals surface area contributed by atoms with Crippen LogP contribution in [0.2, 0.25) is 5.02 Å². The van der Waals surface area contributed by atoms with Crippen molar-refractivity contribution in [2.45, 2.75) is 18.9 Å². The Bertz CT molecular complexity index is 380. The van der Waals surface area contributed by atoms with Gasteiger partial charge in [0.2, 0.25) is 5.91 Å². The second-order valence-electron chi connectivity index (χ2n) is 3.33. The minimum absolute atomic E-state index is 0.0133. The lowest BCUT2D eigenvalue weighted by Gasteiger charge is -2.10. The number of benzene rings is 1. The van der Waals surface area contributed by atoms with Crippen molar-refractivity contribution < 1.29 is 9.18 Å². The molecule has 0 aliphatic carbocycles. The third-order valence-electron chi connectivity index (χ3n) is 2.34. The summed E-state index contributed by atoms with van der Waals surface area (Å²) in [5.74, 6) is -0.393. The molecule has 1 amide bonds. The molecule has 0 bridgehead atoms. The SMILES string of the molecule is O=C1CC[C@@H](c2ccc(F)c(Cl)c2)N1. The van der Waals surface area contributed by atoms with Crippen molar-refractivity contribution in [2.24, 2.45) is 0 Å². The van der Waals surface area contributed by atoms with Gasteiger partial charge in [0.15, 0.2) is 0 Å². The first kappa shape index (κ1) is 9.46. The van der Waals surface area contributed by atoms with Crippen LogP contribution < -0.4 is 5.32 Å². The molecule has 0 saturated carbocycles. The van der Waals surface area contributed by atoms with Crippen molar-refractivity contribution in [3.05, 3.63) is 34.6 Å². The predicted molar refractivity (Wildman–Crippen MR) is 51.5 cm³/mol. The fraction of sp³-hybridized carbons (Fsp3) is 0.300. The lowest BCUT2D eigenvalue weighted by molar-refractivity contribution is -0.119. The van der Waals surface area contributed by atoms with Gasteiger partial charge in [-0.3, -0.25) is 4.79 Å². The zero-order valence-electron chi connectivity index (χ0n) is 7.39. The second kappa shape index (κ2) is 3.58. The van der Waals surface area contributed by atoms with E-state index in [-0.39, 0.29) is 17.0 Å². The molecule has 1 atom stereocenters. The van der Waals surface area contributed by atoms with Crippen LogP contribution in [0.5, 0.6) is 0 Å². The molecule has 1 aliphatic heterocycles. The van der Waals surface area contributed by atoms with E-state index in [0.29, 0.717) is 6.42 Å². The van der Waals surface area contributed by atoms with Crippen LogP contribution >= 0.6 is 11.6 Å². The smallest absolute Gasteiger partial charge is 0.220 e. The van der Waals surface area contributed by atoms with Crippen LogP contribution in [-0.2, 0) is 4.79 Å². The Kier molecular flexibility index (Phi) is 2.42. The Morgan fingerprint density at radius 1 is 1.50 bits per heavy atom. The molecule has 14 heavy (non-hydrogen) atoms. The van der Waals surface area contributed by atoms with Crippen LogP contribution in [0.1, 0.15) is 24.4 Å². The van der Waals surface area contributed by atoms with Gasteiger partial charge < -0.3 is 5.32 Å². The maximum atomic E-state index is 12.8. The Morgan fingerprint density at radius 3 is 2.86 bits per heavy atom. The Morgan fingerprint density at radius 2 is 2.29 bits per heavy atom. The lowest BCUT2D eigenvalue weighted by atomic mass is 10.1. The first-order valence-corrected chi connectivity index (χ1v) is 4.79. The van der Waals surface area contributed by atoms with Crippen molar-refractivity contribution in [1.29, 1.82) is 0 Å². The molecule has 0 spiro atoms. The Balaban J connectivity index is 2.24. The first-order chi connectivity index (χ1) is 6.66. The van der Waals surface area contributed by atoms with E-state index in [2.05, 4.69) is 5.32 Å². The third kappa shape index (κ3) is 1.73. The maximum Gasteiger partial charge on any atom is 0.220 e. The number of carbonyl (C=O) groups is 1. The minimum Gasteiger partial charge on any atom is -0.349 e. The van der Waals surface area contributed by atoms with Crippen LogP contribution in [-0.4, -0.2) is 5.91 Å². The van der Waals surface area contributed by atoms with E-state index in [1.807, 2.05) is 0 Å². The molecule has 1 N–H and O–H groups in total. The highest BCUT2D eigenvalue weighted by Crippen LogP contribution is 2.26. The standard InChI is InChI=1S/C10H9ClFNO/c11-7-5-6(1-2-8(7)12)9-3-4-10(14)13-9/h1-2,5,9H,3-4H2,(H,13,14)/t9-/m0/s1. The number of hydrogen-bond acceptors (Lipinski definition) is 1. The fourth-order valence-corrected chi connectivity index (χ4v) is 1.78. The number of halogens is 2. The molecule has 1 aromatic carbocycles. The average molecular weight is 214 g/mol. The molecule has 1 fully saturated rings. The van der Waals surface area contributed by atoms with Gasteiger partial charge in [0.05, 0.1) is 11.1 Å². The number of rotatable bonds is 1. The summed E-state index contributed by atoms with van der Waals surface area (Å²) in [6.45, 7) is 0. The molecule has 74 valence electrons. The summed E-state index contributed by atoms with van der Waals surface area (Å²) in [6, 6.07) is 4.52. The Hall–Kier alpha value is -1.09. The summed E-state index contributed by atoms with van der Waals surface area (Å²) in [7, 11) is 0. The molecule has 1 heterocycles. The fourth-order valence-electron chi connectivity index (χ4n) is 1.59. The van der Waals surface area contributed by atoms with Crippen molar-refractivity contribution in [2.75, 3.05) is 0 Å². The molecular formula is C10H9ClFNO. The van der Waals surface area contributed by atoms with Gasteiger partial charge in [0.25, 0.3) is 0 Å². The molecule has 4 heteroatoms. The number of hydrogen-bond donors (Lipinski definition) is 1. The van der Waals surface area contributed by atoms with Gasteiger partial charge in [0, 0.05) is 6.42 Å². The lowest BCUT2D eigenvalue weighted by Crippen LogP contribution is -2.18. The highest BCUT2D eigenvalue weighted by molar-refractivity contribution is 6.30. The van der Waals surface area contributed by atoms with Crippen molar-refractivity contribution in [3.8, 4) is 0 Å². The van der Waals surface area contributed by atoms with Gasteiger partial charge in [0.1, 0.15) is 5.82 Å². The highest BCUT2D eigenvalue weighted by atomic mass is 35.5. The molecule has 1 aliphatic rings. The van der Waals surface area contributed by atoms with Gasteiger partial charge in [-0.2, -0.15) is 0 Å². The summed E-state index contributed by atoms with van der Waals surface area (Å²) in [5, 5.41) is 2.90. The Labute approximate surface area is 86.1 Å². The van der Waals surface area contributed by atoms with Gasteiger partial charge >= 0.3 is 0 Å². The van der Waals surface area contributed by atoms with Gasteiger partial charge in [-0.05, 0) is 24.1 Å². The zero-order valence-corrected chi connectivity index (χ0v) is 8.14. The highest BCUT2D eigenvalue weighted by Gasteiger charge is 2.22. The van der Waals surface area contributed by atoms with E-state index >= 15 is 0 Å². The largest absolute Gasteiger partial charge is 0.349 e. The normalized spacial score (nSPS) is 21.0. The molecule has 0 radical (unpaired) electrons. The average Bonchev–Trinajstić information content (AvgIpc) is 2.57. The number of amides is 1. The van der Waals surface area contributed by atoms with Crippen LogP contribution in [0.15, 0.2) is 18.2 Å². The molecule has 2 nitrogen and oxygen atoms in total. The van der Waals surface area contributed by atoms with E-state index in [1.54, 1.807) is 12.1 Å². The second-order valence-corrected chi connectivity index (χ2v) is 3.74. The molecule has 0 unspecified atom stereocenters.